The Morgan fingerprint density at radius 2 is 2.33 bits per heavy atom. The first-order valence-electron chi connectivity index (χ1n) is 5.44. The number of halogens is 2. The number of rotatable bonds is 6. The van der Waals surface area contributed by atoms with Gasteiger partial charge >= 0.3 is 0 Å². The molecule has 0 fully saturated rings. The lowest BCUT2D eigenvalue weighted by Gasteiger charge is -2.21. The van der Waals surface area contributed by atoms with Gasteiger partial charge in [-0.2, -0.15) is 0 Å². The molecule has 0 bridgehead atoms. The van der Waals surface area contributed by atoms with Crippen molar-refractivity contribution in [3.63, 3.8) is 0 Å². The molecular weight excluding hydrogens is 301 g/mol. The summed E-state index contributed by atoms with van der Waals surface area (Å²) in [5.74, 6) is -0.905. The van der Waals surface area contributed by atoms with Crippen LogP contribution in [-0.2, 0) is 4.74 Å². The lowest BCUT2D eigenvalue weighted by molar-refractivity contribution is 0.0713. The first-order chi connectivity index (χ1) is 8.60. The van der Waals surface area contributed by atoms with E-state index >= 15 is 0 Å². The van der Waals surface area contributed by atoms with Crippen molar-refractivity contribution in [2.24, 2.45) is 0 Å². The average molecular weight is 316 g/mol. The van der Waals surface area contributed by atoms with Gasteiger partial charge in [-0.05, 0) is 18.2 Å². The van der Waals surface area contributed by atoms with Crippen molar-refractivity contribution in [1.29, 1.82) is 0 Å². The maximum Gasteiger partial charge on any atom is 0.257 e. The van der Waals surface area contributed by atoms with E-state index in [1.807, 2.05) is 0 Å². The van der Waals surface area contributed by atoms with Gasteiger partial charge in [-0.3, -0.25) is 4.79 Å². The Labute approximate surface area is 114 Å². The summed E-state index contributed by atoms with van der Waals surface area (Å²) in [6.07, 6.45) is 1.60. The minimum absolute atomic E-state index is 0.0520. The third-order valence-electron chi connectivity index (χ3n) is 2.36. The van der Waals surface area contributed by atoms with Gasteiger partial charge < -0.3 is 9.64 Å². The molecule has 0 unspecified atom stereocenters. The number of benzene rings is 1. The fourth-order valence-electron chi connectivity index (χ4n) is 1.47. The van der Waals surface area contributed by atoms with Gasteiger partial charge in [0.2, 0.25) is 0 Å². The molecule has 0 aliphatic heterocycles. The summed E-state index contributed by atoms with van der Waals surface area (Å²) in [5.41, 5.74) is 0.0520. The van der Waals surface area contributed by atoms with E-state index in [1.165, 1.54) is 17.0 Å². The first kappa shape index (κ1) is 14.9. The Morgan fingerprint density at radius 1 is 1.61 bits per heavy atom. The van der Waals surface area contributed by atoms with E-state index in [-0.39, 0.29) is 11.5 Å². The number of hydrogen-bond acceptors (Lipinski definition) is 2. The molecule has 0 heterocycles. The summed E-state index contributed by atoms with van der Waals surface area (Å²) in [5, 5.41) is 0. The van der Waals surface area contributed by atoms with Crippen molar-refractivity contribution >= 4 is 21.8 Å². The maximum atomic E-state index is 13.7. The number of nitrogens with zero attached hydrogens (tertiary/aromatic N) is 1. The monoisotopic (exact) mass is 315 g/mol. The van der Waals surface area contributed by atoms with E-state index in [2.05, 4.69) is 22.5 Å². The lowest BCUT2D eigenvalue weighted by Crippen LogP contribution is -2.34. The zero-order valence-corrected chi connectivity index (χ0v) is 11.7. The summed E-state index contributed by atoms with van der Waals surface area (Å²) in [6, 6.07) is 4.37. The molecule has 0 N–H and O–H groups in total. The van der Waals surface area contributed by atoms with Crippen LogP contribution in [-0.4, -0.2) is 37.6 Å². The number of methoxy groups -OCH3 is 1. The Bertz CT molecular complexity index is 437. The summed E-state index contributed by atoms with van der Waals surface area (Å²) < 4.78 is 19.2. The van der Waals surface area contributed by atoms with Gasteiger partial charge in [-0.25, -0.2) is 4.39 Å². The van der Waals surface area contributed by atoms with Crippen LogP contribution < -0.4 is 0 Å². The Balaban J connectivity index is 2.90. The molecule has 1 aromatic carbocycles. The smallest absolute Gasteiger partial charge is 0.257 e. The molecule has 3 nitrogen and oxygen atoms in total. The van der Waals surface area contributed by atoms with Crippen LogP contribution in [0.25, 0.3) is 0 Å². The molecule has 98 valence electrons. The molecule has 18 heavy (non-hydrogen) atoms. The Morgan fingerprint density at radius 3 is 2.89 bits per heavy atom. The second-order valence-corrected chi connectivity index (χ2v) is 4.57. The number of carbonyl (C=O) groups is 1. The summed E-state index contributed by atoms with van der Waals surface area (Å²) in [6.45, 7) is 4.74. The number of amides is 1. The van der Waals surface area contributed by atoms with Crippen molar-refractivity contribution in [3.8, 4) is 0 Å². The SMILES string of the molecule is C=CCN(CCOC)C(=O)c1ccc(Br)cc1F. The van der Waals surface area contributed by atoms with Gasteiger partial charge in [-0.15, -0.1) is 6.58 Å². The number of carbonyl (C=O) groups excluding carboxylic acids is 1. The van der Waals surface area contributed by atoms with Gasteiger partial charge in [-0.1, -0.05) is 22.0 Å². The molecule has 0 spiro atoms. The fourth-order valence-corrected chi connectivity index (χ4v) is 1.80. The highest BCUT2D eigenvalue weighted by Gasteiger charge is 2.18. The molecule has 0 aromatic heterocycles. The van der Waals surface area contributed by atoms with Crippen LogP contribution in [0.4, 0.5) is 4.39 Å². The van der Waals surface area contributed by atoms with Crippen molar-refractivity contribution in [2.75, 3.05) is 26.8 Å². The molecule has 0 saturated heterocycles. The van der Waals surface area contributed by atoms with Crippen LogP contribution in [0.1, 0.15) is 10.4 Å². The zero-order valence-electron chi connectivity index (χ0n) is 10.2. The predicted octanol–water partition coefficient (Wildman–Crippen LogP) is 2.86. The zero-order chi connectivity index (χ0) is 13.5. The minimum atomic E-state index is -0.541. The molecule has 5 heteroatoms. The van der Waals surface area contributed by atoms with Crippen LogP contribution in [0.3, 0.4) is 0 Å². The van der Waals surface area contributed by atoms with Crippen molar-refractivity contribution in [2.45, 2.75) is 0 Å². The van der Waals surface area contributed by atoms with Gasteiger partial charge in [0.1, 0.15) is 5.82 Å². The molecule has 1 rings (SSSR count). The van der Waals surface area contributed by atoms with Gasteiger partial charge in [0.25, 0.3) is 5.91 Å². The standard InChI is InChI=1S/C13H15BrFNO2/c1-3-6-16(7-8-18-2)13(17)11-5-4-10(14)9-12(11)15/h3-5,9H,1,6-8H2,2H3. The van der Waals surface area contributed by atoms with Gasteiger partial charge in [0, 0.05) is 24.7 Å². The van der Waals surface area contributed by atoms with E-state index in [4.69, 9.17) is 4.74 Å². The van der Waals surface area contributed by atoms with Crippen molar-refractivity contribution < 1.29 is 13.9 Å². The minimum Gasteiger partial charge on any atom is -0.383 e. The summed E-state index contributed by atoms with van der Waals surface area (Å²) >= 11 is 3.15. The van der Waals surface area contributed by atoms with E-state index < -0.39 is 5.82 Å². The molecule has 1 amide bonds. The Hall–Kier alpha value is -1.20. The van der Waals surface area contributed by atoms with Crippen LogP contribution >= 0.6 is 15.9 Å². The van der Waals surface area contributed by atoms with Crippen LogP contribution in [0.15, 0.2) is 35.3 Å². The van der Waals surface area contributed by atoms with Crippen molar-refractivity contribution in [1.82, 2.24) is 4.90 Å². The largest absolute Gasteiger partial charge is 0.383 e. The molecule has 0 saturated carbocycles. The topological polar surface area (TPSA) is 29.5 Å². The van der Waals surface area contributed by atoms with Crippen LogP contribution in [0.5, 0.6) is 0 Å². The quantitative estimate of drug-likeness (QED) is 0.755. The highest BCUT2D eigenvalue weighted by Crippen LogP contribution is 2.16. The normalized spacial score (nSPS) is 10.2. The molecule has 0 atom stereocenters. The number of ether oxygens (including phenoxy) is 1. The molecule has 0 aliphatic rings. The molecular formula is C13H15BrFNO2. The third-order valence-corrected chi connectivity index (χ3v) is 2.86. The highest BCUT2D eigenvalue weighted by atomic mass is 79.9. The number of hydrogen-bond donors (Lipinski definition) is 0. The third kappa shape index (κ3) is 3.92. The maximum absolute atomic E-state index is 13.7. The van der Waals surface area contributed by atoms with Crippen LogP contribution in [0.2, 0.25) is 0 Å². The molecule has 1 aromatic rings. The summed E-state index contributed by atoms with van der Waals surface area (Å²) in [4.78, 5) is 13.6. The highest BCUT2D eigenvalue weighted by molar-refractivity contribution is 9.10. The van der Waals surface area contributed by atoms with Gasteiger partial charge in [0.05, 0.1) is 12.2 Å². The Kier molecular flexibility index (Phi) is 6.01. The van der Waals surface area contributed by atoms with E-state index in [0.717, 1.165) is 0 Å². The van der Waals surface area contributed by atoms with Gasteiger partial charge in [0.15, 0.2) is 0 Å². The summed E-state index contributed by atoms with van der Waals surface area (Å²) in [7, 11) is 1.55. The van der Waals surface area contributed by atoms with E-state index in [0.29, 0.717) is 24.2 Å². The second-order valence-electron chi connectivity index (χ2n) is 3.66. The fraction of sp³-hybridized carbons (Fsp3) is 0.308. The van der Waals surface area contributed by atoms with Crippen molar-refractivity contribution in [3.05, 3.63) is 46.7 Å². The molecule has 0 radical (unpaired) electrons. The molecule has 0 aliphatic carbocycles. The average Bonchev–Trinajstić information content (AvgIpc) is 2.33. The predicted molar refractivity (Wildman–Crippen MR) is 72.1 cm³/mol. The van der Waals surface area contributed by atoms with Crippen LogP contribution in [0, 0.1) is 5.82 Å². The van der Waals surface area contributed by atoms with E-state index in [1.54, 1.807) is 19.3 Å². The van der Waals surface area contributed by atoms with E-state index in [9.17, 15) is 9.18 Å². The first-order valence-corrected chi connectivity index (χ1v) is 6.23. The second kappa shape index (κ2) is 7.28. The lowest BCUT2D eigenvalue weighted by atomic mass is 10.2.